The van der Waals surface area contributed by atoms with Gasteiger partial charge in [-0.25, -0.2) is 9.18 Å². The van der Waals surface area contributed by atoms with Crippen LogP contribution in [0.3, 0.4) is 0 Å². The molecule has 0 fully saturated rings. The van der Waals surface area contributed by atoms with Gasteiger partial charge in [-0.3, -0.25) is 10.1 Å². The van der Waals surface area contributed by atoms with Crippen molar-refractivity contribution in [2.45, 2.75) is 37.0 Å². The Morgan fingerprint density at radius 1 is 1.21 bits per heavy atom. The van der Waals surface area contributed by atoms with Gasteiger partial charge < -0.3 is 5.32 Å². The zero-order valence-corrected chi connectivity index (χ0v) is 11.9. The first-order chi connectivity index (χ1) is 8.90. The number of carbonyl (C=O) groups is 2. The lowest BCUT2D eigenvalue weighted by atomic mass is 10.3. The summed E-state index contributed by atoms with van der Waals surface area (Å²) in [5.41, 5.74) is 0. The van der Waals surface area contributed by atoms with Crippen LogP contribution >= 0.6 is 11.8 Å². The second-order valence-electron chi connectivity index (χ2n) is 4.31. The Morgan fingerprint density at radius 2 is 1.84 bits per heavy atom. The largest absolute Gasteiger partial charge is 0.336 e. The first kappa shape index (κ1) is 15.5. The van der Waals surface area contributed by atoms with E-state index in [1.807, 2.05) is 0 Å². The van der Waals surface area contributed by atoms with Crippen molar-refractivity contribution in [2.24, 2.45) is 0 Å². The van der Waals surface area contributed by atoms with Gasteiger partial charge in [0, 0.05) is 10.9 Å². The number of thioether (sulfide) groups is 1. The SMILES string of the molecule is CC(C)NC(=O)NC(=O)[C@@H](C)Sc1ccccc1F. The molecular formula is C13H17FN2O2S. The molecule has 1 aromatic rings. The number of halogens is 1. The summed E-state index contributed by atoms with van der Waals surface area (Å²) in [6.45, 7) is 5.21. The van der Waals surface area contributed by atoms with E-state index in [0.717, 1.165) is 11.8 Å². The normalized spacial score (nSPS) is 12.1. The Labute approximate surface area is 116 Å². The van der Waals surface area contributed by atoms with Crippen LogP contribution in [0.25, 0.3) is 0 Å². The monoisotopic (exact) mass is 284 g/mol. The maximum Gasteiger partial charge on any atom is 0.321 e. The van der Waals surface area contributed by atoms with E-state index in [2.05, 4.69) is 10.6 Å². The summed E-state index contributed by atoms with van der Waals surface area (Å²) in [5.74, 6) is -0.829. The third-order valence-corrected chi connectivity index (χ3v) is 3.32. The number of rotatable bonds is 4. The third-order valence-electron chi connectivity index (χ3n) is 2.17. The summed E-state index contributed by atoms with van der Waals surface area (Å²) in [4.78, 5) is 23.5. The van der Waals surface area contributed by atoms with Crippen molar-refractivity contribution in [3.63, 3.8) is 0 Å². The molecule has 104 valence electrons. The van der Waals surface area contributed by atoms with Crippen molar-refractivity contribution < 1.29 is 14.0 Å². The van der Waals surface area contributed by atoms with Crippen LogP contribution in [0.5, 0.6) is 0 Å². The lowest BCUT2D eigenvalue weighted by Crippen LogP contribution is -2.45. The number of amides is 3. The maximum absolute atomic E-state index is 13.4. The molecule has 0 aliphatic rings. The van der Waals surface area contributed by atoms with Gasteiger partial charge in [0.15, 0.2) is 0 Å². The molecule has 0 aliphatic carbocycles. The zero-order chi connectivity index (χ0) is 14.4. The van der Waals surface area contributed by atoms with Crippen molar-refractivity contribution in [3.05, 3.63) is 30.1 Å². The molecule has 2 N–H and O–H groups in total. The third kappa shape index (κ3) is 5.30. The highest BCUT2D eigenvalue weighted by atomic mass is 32.2. The van der Waals surface area contributed by atoms with Gasteiger partial charge in [0.2, 0.25) is 5.91 Å². The van der Waals surface area contributed by atoms with E-state index < -0.39 is 17.2 Å². The minimum absolute atomic E-state index is 0.0534. The van der Waals surface area contributed by atoms with Gasteiger partial charge in [-0.2, -0.15) is 0 Å². The number of nitrogens with one attached hydrogen (secondary N) is 2. The van der Waals surface area contributed by atoms with E-state index in [4.69, 9.17) is 0 Å². The van der Waals surface area contributed by atoms with Crippen molar-refractivity contribution in [1.82, 2.24) is 10.6 Å². The molecule has 6 heteroatoms. The Morgan fingerprint density at radius 3 is 2.42 bits per heavy atom. The smallest absolute Gasteiger partial charge is 0.321 e. The van der Waals surface area contributed by atoms with Crippen LogP contribution < -0.4 is 10.6 Å². The number of hydrogen-bond donors (Lipinski definition) is 2. The van der Waals surface area contributed by atoms with Crippen LogP contribution in [0.2, 0.25) is 0 Å². The van der Waals surface area contributed by atoms with Crippen LogP contribution in [0.4, 0.5) is 9.18 Å². The highest BCUT2D eigenvalue weighted by molar-refractivity contribution is 8.00. The first-order valence-electron chi connectivity index (χ1n) is 5.92. The highest BCUT2D eigenvalue weighted by Crippen LogP contribution is 2.25. The average Bonchev–Trinajstić information content (AvgIpc) is 2.30. The topological polar surface area (TPSA) is 58.2 Å². The molecule has 0 saturated carbocycles. The van der Waals surface area contributed by atoms with Crippen molar-refractivity contribution in [1.29, 1.82) is 0 Å². The summed E-state index contributed by atoms with van der Waals surface area (Å²) >= 11 is 1.07. The summed E-state index contributed by atoms with van der Waals surface area (Å²) in [6.07, 6.45) is 0. The lowest BCUT2D eigenvalue weighted by molar-refractivity contribution is -0.119. The Hall–Kier alpha value is -1.56. The Kier molecular flexibility index (Phi) is 5.82. The van der Waals surface area contributed by atoms with Crippen LogP contribution in [-0.4, -0.2) is 23.2 Å². The standard InChI is InChI=1S/C13H17FN2O2S/c1-8(2)15-13(18)16-12(17)9(3)19-11-7-5-4-6-10(11)14/h4-9H,1-3H3,(H2,15,16,17,18)/t9-/m1/s1. The Bertz CT molecular complexity index is 466. The molecule has 1 rings (SSSR count). The number of imide groups is 1. The molecule has 0 saturated heterocycles. The molecule has 0 aliphatic heterocycles. The lowest BCUT2D eigenvalue weighted by Gasteiger charge is -2.13. The summed E-state index contributed by atoms with van der Waals surface area (Å²) in [6, 6.07) is 5.61. The molecule has 1 atom stereocenters. The fourth-order valence-corrected chi connectivity index (χ4v) is 2.18. The van der Waals surface area contributed by atoms with E-state index in [9.17, 15) is 14.0 Å². The van der Waals surface area contributed by atoms with Crippen LogP contribution in [0, 0.1) is 5.82 Å². The average molecular weight is 284 g/mol. The fourth-order valence-electron chi connectivity index (χ4n) is 1.30. The van der Waals surface area contributed by atoms with Gasteiger partial charge in [0.25, 0.3) is 0 Å². The van der Waals surface area contributed by atoms with Gasteiger partial charge in [-0.05, 0) is 32.9 Å². The second kappa shape index (κ2) is 7.13. The van der Waals surface area contributed by atoms with Crippen LogP contribution in [0.1, 0.15) is 20.8 Å². The summed E-state index contributed by atoms with van der Waals surface area (Å²) < 4.78 is 13.4. The van der Waals surface area contributed by atoms with Crippen molar-refractivity contribution in [2.75, 3.05) is 0 Å². The van der Waals surface area contributed by atoms with Gasteiger partial charge in [-0.15, -0.1) is 11.8 Å². The molecule has 4 nitrogen and oxygen atoms in total. The van der Waals surface area contributed by atoms with E-state index in [-0.39, 0.29) is 11.9 Å². The summed E-state index contributed by atoms with van der Waals surface area (Å²) in [5, 5.41) is 4.21. The number of benzene rings is 1. The highest BCUT2D eigenvalue weighted by Gasteiger charge is 2.18. The van der Waals surface area contributed by atoms with Gasteiger partial charge >= 0.3 is 6.03 Å². The molecule has 0 bridgehead atoms. The first-order valence-corrected chi connectivity index (χ1v) is 6.80. The molecule has 0 heterocycles. The molecule has 0 aromatic heterocycles. The predicted octanol–water partition coefficient (Wildman–Crippen LogP) is 2.54. The molecule has 1 aromatic carbocycles. The molecule has 0 spiro atoms. The van der Waals surface area contributed by atoms with E-state index in [0.29, 0.717) is 4.90 Å². The van der Waals surface area contributed by atoms with E-state index in [1.165, 1.54) is 6.07 Å². The molecule has 3 amide bonds. The zero-order valence-electron chi connectivity index (χ0n) is 11.1. The van der Waals surface area contributed by atoms with Crippen LogP contribution in [0.15, 0.2) is 29.2 Å². The minimum Gasteiger partial charge on any atom is -0.336 e. The quantitative estimate of drug-likeness (QED) is 0.835. The number of carbonyl (C=O) groups excluding carboxylic acids is 2. The molecule has 0 radical (unpaired) electrons. The van der Waals surface area contributed by atoms with Gasteiger partial charge in [0.05, 0.1) is 5.25 Å². The maximum atomic E-state index is 13.4. The molecular weight excluding hydrogens is 267 g/mol. The minimum atomic E-state index is -0.560. The van der Waals surface area contributed by atoms with E-state index in [1.54, 1.807) is 39.0 Å². The molecule has 0 unspecified atom stereocenters. The van der Waals surface area contributed by atoms with Crippen LogP contribution in [-0.2, 0) is 4.79 Å². The number of urea groups is 1. The van der Waals surface area contributed by atoms with E-state index >= 15 is 0 Å². The van der Waals surface area contributed by atoms with Crippen molar-refractivity contribution >= 4 is 23.7 Å². The van der Waals surface area contributed by atoms with Gasteiger partial charge in [-0.1, -0.05) is 12.1 Å². The molecule has 19 heavy (non-hydrogen) atoms. The van der Waals surface area contributed by atoms with Gasteiger partial charge in [0.1, 0.15) is 5.82 Å². The predicted molar refractivity (Wildman–Crippen MR) is 73.5 cm³/mol. The number of hydrogen-bond acceptors (Lipinski definition) is 3. The fraction of sp³-hybridized carbons (Fsp3) is 0.385. The van der Waals surface area contributed by atoms with Crippen molar-refractivity contribution in [3.8, 4) is 0 Å². The Balaban J connectivity index is 2.54. The second-order valence-corrected chi connectivity index (χ2v) is 5.69. The summed E-state index contributed by atoms with van der Waals surface area (Å²) in [7, 11) is 0.